The smallest absolute Gasteiger partial charge is 0.329 e. The Morgan fingerprint density at radius 1 is 1.18 bits per heavy atom. The number of nitrogens with zero attached hydrogens (tertiary/aromatic N) is 3. The van der Waals surface area contributed by atoms with Crippen LogP contribution in [0.1, 0.15) is 36.0 Å². The van der Waals surface area contributed by atoms with Gasteiger partial charge >= 0.3 is 5.69 Å². The molecule has 1 aromatic heterocycles. The van der Waals surface area contributed by atoms with Crippen molar-refractivity contribution in [2.24, 2.45) is 11.7 Å². The van der Waals surface area contributed by atoms with E-state index in [1.807, 2.05) is 6.07 Å². The maximum absolute atomic E-state index is 12.2. The number of ketones is 1. The van der Waals surface area contributed by atoms with Crippen LogP contribution >= 0.6 is 0 Å². The van der Waals surface area contributed by atoms with E-state index in [0.717, 1.165) is 31.9 Å². The van der Waals surface area contributed by atoms with Crippen molar-refractivity contribution in [1.29, 1.82) is 0 Å². The van der Waals surface area contributed by atoms with Gasteiger partial charge in [0.15, 0.2) is 5.78 Å². The standard InChI is InChI=1S/C19H24N6O3/c20-15-8-6-13(7-9-15)10-21-18-16(25(27)28)11-22-19(24-18)23-12-17(26)14-4-2-1-3-5-14/h1-5,11,13,15H,6-10,12,20H2,(H2,21,22,23,24)/t13-,15-. The molecule has 0 amide bonds. The first kappa shape index (κ1) is 19.7. The molecule has 0 spiro atoms. The Kier molecular flexibility index (Phi) is 6.49. The molecule has 1 aromatic carbocycles. The number of carbonyl (C=O) groups excluding carboxylic acids is 1. The molecule has 1 fully saturated rings. The van der Waals surface area contributed by atoms with Crippen LogP contribution in [0, 0.1) is 16.0 Å². The van der Waals surface area contributed by atoms with Gasteiger partial charge in [-0.05, 0) is 31.6 Å². The zero-order valence-corrected chi connectivity index (χ0v) is 15.5. The number of hydrogen-bond donors (Lipinski definition) is 3. The second-order valence-electron chi connectivity index (χ2n) is 6.99. The van der Waals surface area contributed by atoms with Crippen molar-refractivity contribution in [2.75, 3.05) is 23.7 Å². The van der Waals surface area contributed by atoms with Gasteiger partial charge in [0, 0.05) is 18.2 Å². The summed E-state index contributed by atoms with van der Waals surface area (Å²) in [6.45, 7) is 0.592. The molecule has 0 saturated heterocycles. The molecule has 0 aliphatic heterocycles. The zero-order valence-electron chi connectivity index (χ0n) is 15.5. The number of aromatic nitrogens is 2. The van der Waals surface area contributed by atoms with Gasteiger partial charge in [0.2, 0.25) is 11.8 Å². The van der Waals surface area contributed by atoms with E-state index in [9.17, 15) is 14.9 Å². The molecule has 1 heterocycles. The monoisotopic (exact) mass is 384 g/mol. The number of hydrogen-bond acceptors (Lipinski definition) is 8. The summed E-state index contributed by atoms with van der Waals surface area (Å²) < 4.78 is 0. The van der Waals surface area contributed by atoms with E-state index in [1.54, 1.807) is 24.3 Å². The van der Waals surface area contributed by atoms with Gasteiger partial charge < -0.3 is 16.4 Å². The van der Waals surface area contributed by atoms with Crippen LogP contribution in [-0.2, 0) is 0 Å². The molecule has 28 heavy (non-hydrogen) atoms. The average Bonchev–Trinajstić information content (AvgIpc) is 2.72. The molecule has 3 rings (SSSR count). The lowest BCUT2D eigenvalue weighted by atomic mass is 9.86. The minimum absolute atomic E-state index is 0.00176. The van der Waals surface area contributed by atoms with Crippen molar-refractivity contribution in [3.05, 3.63) is 52.2 Å². The molecular weight excluding hydrogens is 360 g/mol. The van der Waals surface area contributed by atoms with Gasteiger partial charge in [0.05, 0.1) is 11.5 Å². The summed E-state index contributed by atoms with van der Waals surface area (Å²) in [6.07, 6.45) is 5.06. The minimum Gasteiger partial charge on any atom is -0.364 e. The third-order valence-electron chi connectivity index (χ3n) is 4.92. The molecule has 0 bridgehead atoms. The molecule has 0 radical (unpaired) electrons. The van der Waals surface area contributed by atoms with Gasteiger partial charge in [-0.1, -0.05) is 30.3 Å². The van der Waals surface area contributed by atoms with Crippen molar-refractivity contribution in [1.82, 2.24) is 9.97 Å². The molecule has 1 aliphatic carbocycles. The van der Waals surface area contributed by atoms with E-state index in [4.69, 9.17) is 5.73 Å². The van der Waals surface area contributed by atoms with E-state index < -0.39 is 4.92 Å². The maximum Gasteiger partial charge on any atom is 0.329 e. The Bertz CT molecular complexity index is 822. The third kappa shape index (κ3) is 5.23. The van der Waals surface area contributed by atoms with Crippen LogP contribution in [0.25, 0.3) is 0 Å². The topological polar surface area (TPSA) is 136 Å². The fourth-order valence-corrected chi connectivity index (χ4v) is 3.24. The maximum atomic E-state index is 12.2. The Hall–Kier alpha value is -3.07. The number of anilines is 2. The summed E-state index contributed by atoms with van der Waals surface area (Å²) in [7, 11) is 0. The van der Waals surface area contributed by atoms with Crippen LogP contribution in [0.3, 0.4) is 0 Å². The highest BCUT2D eigenvalue weighted by Gasteiger charge is 2.22. The summed E-state index contributed by atoms with van der Waals surface area (Å²) in [4.78, 5) is 31.1. The summed E-state index contributed by atoms with van der Waals surface area (Å²) in [6, 6.07) is 9.11. The molecule has 1 aliphatic rings. The Balaban J connectivity index is 1.63. The largest absolute Gasteiger partial charge is 0.364 e. The number of Topliss-reactive ketones (excluding diaryl/α,β-unsaturated/α-hetero) is 1. The van der Waals surface area contributed by atoms with Crippen LogP contribution in [0.5, 0.6) is 0 Å². The van der Waals surface area contributed by atoms with Crippen molar-refractivity contribution in [3.63, 3.8) is 0 Å². The van der Waals surface area contributed by atoms with Crippen molar-refractivity contribution < 1.29 is 9.72 Å². The normalized spacial score (nSPS) is 19.0. The van der Waals surface area contributed by atoms with Crippen molar-refractivity contribution >= 4 is 23.2 Å². The molecule has 9 nitrogen and oxygen atoms in total. The second-order valence-corrected chi connectivity index (χ2v) is 6.99. The van der Waals surface area contributed by atoms with Gasteiger partial charge in [0.1, 0.15) is 6.20 Å². The van der Waals surface area contributed by atoms with Crippen LogP contribution in [0.2, 0.25) is 0 Å². The number of benzene rings is 1. The lowest BCUT2D eigenvalue weighted by Crippen LogP contribution is -2.29. The summed E-state index contributed by atoms with van der Waals surface area (Å²) in [5.74, 6) is 0.619. The third-order valence-corrected chi connectivity index (χ3v) is 4.92. The first-order valence-electron chi connectivity index (χ1n) is 9.36. The Morgan fingerprint density at radius 3 is 2.57 bits per heavy atom. The minimum atomic E-state index is -0.516. The van der Waals surface area contributed by atoms with E-state index in [2.05, 4.69) is 20.6 Å². The highest BCUT2D eigenvalue weighted by atomic mass is 16.6. The second kappa shape index (κ2) is 9.23. The Morgan fingerprint density at radius 2 is 1.89 bits per heavy atom. The van der Waals surface area contributed by atoms with Gasteiger partial charge in [-0.15, -0.1) is 0 Å². The SMILES string of the molecule is N[C@H]1CC[C@H](CNc2nc(NCC(=O)c3ccccc3)ncc2[N+](=O)[O-])CC1. The summed E-state index contributed by atoms with van der Waals surface area (Å²) in [5, 5.41) is 17.2. The molecule has 0 unspecified atom stereocenters. The quantitative estimate of drug-likeness (QED) is 0.359. The lowest BCUT2D eigenvalue weighted by Gasteiger charge is -2.26. The van der Waals surface area contributed by atoms with Crippen LogP contribution in [0.15, 0.2) is 36.5 Å². The highest BCUT2D eigenvalue weighted by Crippen LogP contribution is 2.26. The molecule has 0 atom stereocenters. The Labute approximate surface area is 162 Å². The molecule has 9 heteroatoms. The fraction of sp³-hybridized carbons (Fsp3) is 0.421. The predicted molar refractivity (Wildman–Crippen MR) is 106 cm³/mol. The van der Waals surface area contributed by atoms with E-state index in [-0.39, 0.29) is 35.8 Å². The first-order chi connectivity index (χ1) is 13.5. The number of nitrogens with one attached hydrogen (secondary N) is 2. The average molecular weight is 384 g/mol. The van der Waals surface area contributed by atoms with Gasteiger partial charge in [-0.2, -0.15) is 4.98 Å². The number of rotatable bonds is 8. The first-order valence-corrected chi connectivity index (χ1v) is 9.36. The van der Waals surface area contributed by atoms with Crippen molar-refractivity contribution in [3.8, 4) is 0 Å². The lowest BCUT2D eigenvalue weighted by molar-refractivity contribution is -0.384. The van der Waals surface area contributed by atoms with Crippen molar-refractivity contribution in [2.45, 2.75) is 31.7 Å². The van der Waals surface area contributed by atoms with E-state index in [1.165, 1.54) is 0 Å². The molecule has 2 aromatic rings. The molecule has 4 N–H and O–H groups in total. The summed E-state index contributed by atoms with van der Waals surface area (Å²) >= 11 is 0. The van der Waals surface area contributed by atoms with E-state index >= 15 is 0 Å². The van der Waals surface area contributed by atoms with E-state index in [0.29, 0.717) is 18.0 Å². The molecule has 148 valence electrons. The van der Waals surface area contributed by atoms with Gasteiger partial charge in [-0.3, -0.25) is 14.9 Å². The van der Waals surface area contributed by atoms with Gasteiger partial charge in [0.25, 0.3) is 0 Å². The van der Waals surface area contributed by atoms with Crippen LogP contribution in [0.4, 0.5) is 17.5 Å². The highest BCUT2D eigenvalue weighted by molar-refractivity contribution is 5.98. The fourth-order valence-electron chi connectivity index (χ4n) is 3.24. The summed E-state index contributed by atoms with van der Waals surface area (Å²) in [5.41, 5.74) is 6.31. The zero-order chi connectivity index (χ0) is 19.9. The number of nitrogens with two attached hydrogens (primary N) is 1. The number of nitro groups is 1. The molecule has 1 saturated carbocycles. The number of carbonyl (C=O) groups is 1. The van der Waals surface area contributed by atoms with Crippen LogP contribution < -0.4 is 16.4 Å². The van der Waals surface area contributed by atoms with Crippen LogP contribution in [-0.4, -0.2) is 39.8 Å². The molecular formula is C19H24N6O3. The predicted octanol–water partition coefficient (Wildman–Crippen LogP) is 2.61. The van der Waals surface area contributed by atoms with Gasteiger partial charge in [-0.25, -0.2) is 4.98 Å².